The SMILES string of the molecule is CCOc1ccc(N2C(=O)C(CC)S/C2=C(/C#N)C(=O)Nc2ccccc2C)cc1. The minimum absolute atomic E-state index is 0.0820. The number of amides is 2. The van der Waals surface area contributed by atoms with Crippen molar-refractivity contribution >= 4 is 35.0 Å². The summed E-state index contributed by atoms with van der Waals surface area (Å²) in [4.78, 5) is 27.4. The van der Waals surface area contributed by atoms with Crippen molar-refractivity contribution in [3.63, 3.8) is 0 Å². The van der Waals surface area contributed by atoms with Crippen LogP contribution in [0.15, 0.2) is 59.1 Å². The predicted octanol–water partition coefficient (Wildman–Crippen LogP) is 4.63. The van der Waals surface area contributed by atoms with Gasteiger partial charge in [0.2, 0.25) is 5.91 Å². The summed E-state index contributed by atoms with van der Waals surface area (Å²) in [6, 6.07) is 16.4. The Morgan fingerprint density at radius 2 is 1.90 bits per heavy atom. The van der Waals surface area contributed by atoms with Crippen LogP contribution >= 0.6 is 11.8 Å². The molecule has 2 amide bonds. The fourth-order valence-electron chi connectivity index (χ4n) is 3.11. The summed E-state index contributed by atoms with van der Waals surface area (Å²) < 4.78 is 5.47. The Kier molecular flexibility index (Phi) is 6.80. The number of hydrogen-bond acceptors (Lipinski definition) is 5. The minimum Gasteiger partial charge on any atom is -0.494 e. The molecule has 0 aromatic heterocycles. The Bertz CT molecular complexity index is 1020. The van der Waals surface area contributed by atoms with Crippen molar-refractivity contribution in [2.45, 2.75) is 32.4 Å². The van der Waals surface area contributed by atoms with Gasteiger partial charge in [0.25, 0.3) is 5.91 Å². The highest BCUT2D eigenvalue weighted by atomic mass is 32.2. The molecule has 0 spiro atoms. The number of nitriles is 1. The molecule has 1 heterocycles. The van der Waals surface area contributed by atoms with Gasteiger partial charge in [-0.1, -0.05) is 36.9 Å². The first-order valence-corrected chi connectivity index (χ1v) is 10.6. The monoisotopic (exact) mass is 421 g/mol. The van der Waals surface area contributed by atoms with E-state index >= 15 is 0 Å². The quantitative estimate of drug-likeness (QED) is 0.543. The molecular formula is C23H23N3O3S. The zero-order valence-electron chi connectivity index (χ0n) is 17.1. The average molecular weight is 422 g/mol. The summed E-state index contributed by atoms with van der Waals surface area (Å²) in [5, 5.41) is 12.6. The molecule has 30 heavy (non-hydrogen) atoms. The van der Waals surface area contributed by atoms with E-state index in [0.717, 1.165) is 5.56 Å². The number of anilines is 2. The van der Waals surface area contributed by atoms with Crippen LogP contribution in [0.5, 0.6) is 5.75 Å². The van der Waals surface area contributed by atoms with Crippen molar-refractivity contribution in [3.05, 3.63) is 64.7 Å². The Balaban J connectivity index is 2.00. The number of benzene rings is 2. The molecule has 1 fully saturated rings. The topological polar surface area (TPSA) is 82.4 Å². The predicted molar refractivity (Wildman–Crippen MR) is 119 cm³/mol. The van der Waals surface area contributed by atoms with Crippen molar-refractivity contribution in [1.82, 2.24) is 0 Å². The number of thioether (sulfide) groups is 1. The van der Waals surface area contributed by atoms with Crippen LogP contribution in [-0.2, 0) is 9.59 Å². The lowest BCUT2D eigenvalue weighted by Gasteiger charge is -2.19. The van der Waals surface area contributed by atoms with Gasteiger partial charge in [0.05, 0.1) is 11.9 Å². The fraction of sp³-hybridized carbons (Fsp3) is 0.261. The van der Waals surface area contributed by atoms with Crippen molar-refractivity contribution in [2.24, 2.45) is 0 Å². The second kappa shape index (κ2) is 9.51. The van der Waals surface area contributed by atoms with Gasteiger partial charge >= 0.3 is 0 Å². The van der Waals surface area contributed by atoms with Gasteiger partial charge in [-0.2, -0.15) is 5.26 Å². The third-order valence-electron chi connectivity index (χ3n) is 4.68. The number of carbonyl (C=O) groups excluding carboxylic acids is 2. The number of hydrogen-bond donors (Lipinski definition) is 1. The Morgan fingerprint density at radius 1 is 1.20 bits per heavy atom. The lowest BCUT2D eigenvalue weighted by Crippen LogP contribution is -2.29. The van der Waals surface area contributed by atoms with Crippen molar-refractivity contribution in [2.75, 3.05) is 16.8 Å². The van der Waals surface area contributed by atoms with Crippen LogP contribution in [0.4, 0.5) is 11.4 Å². The highest BCUT2D eigenvalue weighted by Gasteiger charge is 2.39. The molecule has 154 valence electrons. The van der Waals surface area contributed by atoms with E-state index in [9.17, 15) is 14.9 Å². The van der Waals surface area contributed by atoms with Crippen LogP contribution in [0.25, 0.3) is 0 Å². The molecule has 0 saturated carbocycles. The highest BCUT2D eigenvalue weighted by Crippen LogP contribution is 2.42. The molecule has 2 aromatic rings. The molecule has 1 N–H and O–H groups in total. The van der Waals surface area contributed by atoms with E-state index in [-0.39, 0.29) is 16.7 Å². The van der Waals surface area contributed by atoms with Crippen LogP contribution < -0.4 is 15.0 Å². The number of ether oxygens (including phenoxy) is 1. The summed E-state index contributed by atoms with van der Waals surface area (Å²) >= 11 is 1.25. The maximum atomic E-state index is 13.0. The molecule has 6 nitrogen and oxygen atoms in total. The molecule has 3 rings (SSSR count). The number of rotatable bonds is 6. The summed E-state index contributed by atoms with van der Waals surface area (Å²) in [5.41, 5.74) is 2.03. The van der Waals surface area contributed by atoms with Crippen LogP contribution in [-0.4, -0.2) is 23.7 Å². The van der Waals surface area contributed by atoms with Gasteiger partial charge in [-0.05, 0) is 56.2 Å². The first kappa shape index (κ1) is 21.5. The maximum absolute atomic E-state index is 13.0. The molecule has 0 aliphatic carbocycles. The van der Waals surface area contributed by atoms with E-state index < -0.39 is 5.91 Å². The van der Waals surface area contributed by atoms with Crippen LogP contribution in [0, 0.1) is 18.3 Å². The normalized spacial score (nSPS) is 17.5. The standard InChI is InChI=1S/C23H23N3O3S/c1-4-20-22(28)26(16-10-12-17(13-11-16)29-5-2)23(30-20)18(14-24)21(27)25-19-9-7-6-8-15(19)3/h6-13,20H,4-5H2,1-3H3,(H,25,27)/b23-18-. The Morgan fingerprint density at radius 3 is 2.50 bits per heavy atom. The van der Waals surface area contributed by atoms with Crippen LogP contribution in [0.2, 0.25) is 0 Å². The van der Waals surface area contributed by atoms with E-state index in [4.69, 9.17) is 4.74 Å². The van der Waals surface area contributed by atoms with Gasteiger partial charge in [0, 0.05) is 11.4 Å². The molecule has 1 aliphatic heterocycles. The largest absolute Gasteiger partial charge is 0.494 e. The second-order valence-electron chi connectivity index (χ2n) is 6.68. The molecule has 1 aliphatic rings. The summed E-state index contributed by atoms with van der Waals surface area (Å²) in [7, 11) is 0. The van der Waals surface area contributed by atoms with Gasteiger partial charge in [0.1, 0.15) is 22.4 Å². The molecular weight excluding hydrogens is 398 g/mol. The number of carbonyl (C=O) groups is 2. The molecule has 1 atom stereocenters. The van der Waals surface area contributed by atoms with Crippen molar-refractivity contribution < 1.29 is 14.3 Å². The molecule has 2 aromatic carbocycles. The van der Waals surface area contributed by atoms with Crippen LogP contribution in [0.1, 0.15) is 25.8 Å². The highest BCUT2D eigenvalue weighted by molar-refractivity contribution is 8.05. The van der Waals surface area contributed by atoms with E-state index in [1.54, 1.807) is 30.3 Å². The molecule has 1 saturated heterocycles. The van der Waals surface area contributed by atoms with Gasteiger partial charge < -0.3 is 10.1 Å². The summed E-state index contributed by atoms with van der Waals surface area (Å²) in [5.74, 6) is 0.0174. The van der Waals surface area contributed by atoms with Crippen LogP contribution in [0.3, 0.4) is 0 Å². The molecule has 0 bridgehead atoms. The number of aryl methyl sites for hydroxylation is 1. The molecule has 7 heteroatoms. The summed E-state index contributed by atoms with van der Waals surface area (Å²) in [6.45, 7) is 6.22. The first-order chi connectivity index (χ1) is 14.5. The fourth-order valence-corrected chi connectivity index (χ4v) is 4.31. The van der Waals surface area contributed by atoms with Crippen molar-refractivity contribution in [3.8, 4) is 11.8 Å². The zero-order valence-corrected chi connectivity index (χ0v) is 18.0. The van der Waals surface area contributed by atoms with E-state index in [0.29, 0.717) is 35.2 Å². The molecule has 0 radical (unpaired) electrons. The van der Waals surface area contributed by atoms with E-state index in [1.165, 1.54) is 16.7 Å². The first-order valence-electron chi connectivity index (χ1n) is 9.75. The average Bonchev–Trinajstić information content (AvgIpc) is 3.07. The number of para-hydroxylation sites is 1. The second-order valence-corrected chi connectivity index (χ2v) is 7.87. The van der Waals surface area contributed by atoms with Crippen molar-refractivity contribution in [1.29, 1.82) is 5.26 Å². The number of nitrogens with one attached hydrogen (secondary N) is 1. The molecule has 1 unspecified atom stereocenters. The smallest absolute Gasteiger partial charge is 0.269 e. The maximum Gasteiger partial charge on any atom is 0.269 e. The van der Waals surface area contributed by atoms with Gasteiger partial charge in [-0.15, -0.1) is 0 Å². The minimum atomic E-state index is -0.533. The van der Waals surface area contributed by atoms with Gasteiger partial charge in [0.15, 0.2) is 0 Å². The Labute approximate surface area is 180 Å². The van der Waals surface area contributed by atoms with E-state index in [1.807, 2.05) is 45.0 Å². The third kappa shape index (κ3) is 4.34. The summed E-state index contributed by atoms with van der Waals surface area (Å²) in [6.07, 6.45) is 0.596. The number of nitrogens with zero attached hydrogens (tertiary/aromatic N) is 2. The third-order valence-corrected chi connectivity index (χ3v) is 6.10. The lowest BCUT2D eigenvalue weighted by atomic mass is 10.2. The lowest BCUT2D eigenvalue weighted by molar-refractivity contribution is -0.117. The van der Waals surface area contributed by atoms with E-state index in [2.05, 4.69) is 5.32 Å². The van der Waals surface area contributed by atoms with Gasteiger partial charge in [-0.25, -0.2) is 0 Å². The Hall–Kier alpha value is -3.24. The van der Waals surface area contributed by atoms with Gasteiger partial charge in [-0.3, -0.25) is 14.5 Å². The zero-order chi connectivity index (χ0) is 21.7.